The molecule has 5 heteroatoms. The van der Waals surface area contributed by atoms with Gasteiger partial charge in [0.15, 0.2) is 0 Å². The van der Waals surface area contributed by atoms with Gasteiger partial charge in [0.05, 0.1) is 25.8 Å². The van der Waals surface area contributed by atoms with Crippen molar-refractivity contribution in [2.45, 2.75) is 6.04 Å². The minimum absolute atomic E-state index is 0.367. The lowest BCUT2D eigenvalue weighted by Gasteiger charge is -2.19. The molecule has 0 aliphatic heterocycles. The zero-order valence-electron chi connectivity index (χ0n) is 11.2. The standard InChI is InChI=1S/C15H15BrFNO2/c1-19-12-4-3-5-13(20-2)14(12)15(18)10-8-9(16)6-7-11(10)17/h3-8,15H,18H2,1-2H3. The fraction of sp³-hybridized carbons (Fsp3) is 0.200. The fourth-order valence-corrected chi connectivity index (χ4v) is 2.47. The predicted octanol–water partition coefficient (Wildman–Crippen LogP) is 3.65. The van der Waals surface area contributed by atoms with Gasteiger partial charge in [0.25, 0.3) is 0 Å². The zero-order chi connectivity index (χ0) is 14.7. The second-order valence-electron chi connectivity index (χ2n) is 4.22. The lowest BCUT2D eigenvalue weighted by molar-refractivity contribution is 0.381. The summed E-state index contributed by atoms with van der Waals surface area (Å²) in [4.78, 5) is 0. The largest absolute Gasteiger partial charge is 0.496 e. The second kappa shape index (κ2) is 6.24. The molecule has 1 atom stereocenters. The highest BCUT2D eigenvalue weighted by Crippen LogP contribution is 2.37. The van der Waals surface area contributed by atoms with Crippen LogP contribution in [0.1, 0.15) is 17.2 Å². The van der Waals surface area contributed by atoms with E-state index in [2.05, 4.69) is 15.9 Å². The topological polar surface area (TPSA) is 44.5 Å². The van der Waals surface area contributed by atoms with Crippen molar-refractivity contribution in [3.63, 3.8) is 0 Å². The molecular formula is C15H15BrFNO2. The SMILES string of the molecule is COc1cccc(OC)c1C(N)c1cc(Br)ccc1F. The van der Waals surface area contributed by atoms with E-state index < -0.39 is 6.04 Å². The van der Waals surface area contributed by atoms with Crippen LogP contribution in [-0.4, -0.2) is 14.2 Å². The number of rotatable bonds is 4. The van der Waals surface area contributed by atoms with Gasteiger partial charge in [-0.25, -0.2) is 4.39 Å². The number of methoxy groups -OCH3 is 2. The molecule has 0 saturated carbocycles. The van der Waals surface area contributed by atoms with Gasteiger partial charge in [0.2, 0.25) is 0 Å². The Morgan fingerprint density at radius 2 is 1.70 bits per heavy atom. The Labute approximate surface area is 125 Å². The van der Waals surface area contributed by atoms with Gasteiger partial charge >= 0.3 is 0 Å². The average molecular weight is 340 g/mol. The molecule has 0 fully saturated rings. The lowest BCUT2D eigenvalue weighted by atomic mass is 9.97. The van der Waals surface area contributed by atoms with Crippen LogP contribution in [0.25, 0.3) is 0 Å². The average Bonchev–Trinajstić information content (AvgIpc) is 2.48. The van der Waals surface area contributed by atoms with Gasteiger partial charge in [-0.15, -0.1) is 0 Å². The maximum atomic E-state index is 14.0. The van der Waals surface area contributed by atoms with Crippen LogP contribution >= 0.6 is 15.9 Å². The molecule has 0 radical (unpaired) electrons. The highest BCUT2D eigenvalue weighted by atomic mass is 79.9. The molecule has 20 heavy (non-hydrogen) atoms. The van der Waals surface area contributed by atoms with E-state index in [0.29, 0.717) is 22.6 Å². The molecular weight excluding hydrogens is 325 g/mol. The van der Waals surface area contributed by atoms with E-state index in [4.69, 9.17) is 15.2 Å². The molecule has 2 aromatic carbocycles. The van der Waals surface area contributed by atoms with E-state index in [-0.39, 0.29) is 5.82 Å². The number of halogens is 2. The summed E-state index contributed by atoms with van der Waals surface area (Å²) in [6.07, 6.45) is 0. The van der Waals surface area contributed by atoms with Crippen molar-refractivity contribution in [3.05, 3.63) is 57.8 Å². The van der Waals surface area contributed by atoms with Gasteiger partial charge in [0.1, 0.15) is 17.3 Å². The van der Waals surface area contributed by atoms with Crippen molar-refractivity contribution >= 4 is 15.9 Å². The predicted molar refractivity (Wildman–Crippen MR) is 79.7 cm³/mol. The van der Waals surface area contributed by atoms with Crippen LogP contribution in [0.5, 0.6) is 11.5 Å². The monoisotopic (exact) mass is 339 g/mol. The molecule has 106 valence electrons. The molecule has 1 unspecified atom stereocenters. The van der Waals surface area contributed by atoms with Crippen molar-refractivity contribution < 1.29 is 13.9 Å². The summed E-state index contributed by atoms with van der Waals surface area (Å²) >= 11 is 3.32. The van der Waals surface area contributed by atoms with E-state index in [9.17, 15) is 4.39 Å². The number of hydrogen-bond acceptors (Lipinski definition) is 3. The van der Waals surface area contributed by atoms with Gasteiger partial charge in [-0.2, -0.15) is 0 Å². The number of ether oxygens (including phenoxy) is 2. The van der Waals surface area contributed by atoms with Crippen LogP contribution in [0.3, 0.4) is 0 Å². The third-order valence-corrected chi connectivity index (χ3v) is 3.56. The van der Waals surface area contributed by atoms with E-state index in [1.807, 2.05) is 0 Å². The summed E-state index contributed by atoms with van der Waals surface area (Å²) in [7, 11) is 3.09. The highest BCUT2D eigenvalue weighted by Gasteiger charge is 2.21. The van der Waals surface area contributed by atoms with E-state index in [1.54, 1.807) is 44.6 Å². The Kier molecular flexibility index (Phi) is 4.62. The minimum Gasteiger partial charge on any atom is -0.496 e. The Bertz CT molecular complexity index is 597. The third kappa shape index (κ3) is 2.78. The van der Waals surface area contributed by atoms with Crippen molar-refractivity contribution in [3.8, 4) is 11.5 Å². The first kappa shape index (κ1) is 14.8. The van der Waals surface area contributed by atoms with Crippen LogP contribution in [0.15, 0.2) is 40.9 Å². The molecule has 2 aromatic rings. The molecule has 0 saturated heterocycles. The summed E-state index contributed by atoms with van der Waals surface area (Å²) in [5.41, 5.74) is 7.21. The first-order valence-corrected chi connectivity index (χ1v) is 6.79. The van der Waals surface area contributed by atoms with Crippen molar-refractivity contribution in [1.82, 2.24) is 0 Å². The molecule has 0 aliphatic carbocycles. The van der Waals surface area contributed by atoms with Gasteiger partial charge in [-0.3, -0.25) is 0 Å². The molecule has 0 spiro atoms. The van der Waals surface area contributed by atoms with Gasteiger partial charge in [-0.05, 0) is 30.3 Å². The Hall–Kier alpha value is -1.59. The Balaban J connectivity index is 2.58. The number of benzene rings is 2. The van der Waals surface area contributed by atoms with E-state index in [1.165, 1.54) is 6.07 Å². The molecule has 3 nitrogen and oxygen atoms in total. The molecule has 0 aromatic heterocycles. The highest BCUT2D eigenvalue weighted by molar-refractivity contribution is 9.10. The van der Waals surface area contributed by atoms with Crippen molar-refractivity contribution in [2.24, 2.45) is 5.73 Å². The molecule has 0 heterocycles. The van der Waals surface area contributed by atoms with Crippen LogP contribution in [-0.2, 0) is 0 Å². The third-order valence-electron chi connectivity index (χ3n) is 3.07. The lowest BCUT2D eigenvalue weighted by Crippen LogP contribution is -2.16. The van der Waals surface area contributed by atoms with Crippen LogP contribution in [0.4, 0.5) is 4.39 Å². The van der Waals surface area contributed by atoms with Crippen LogP contribution in [0.2, 0.25) is 0 Å². The van der Waals surface area contributed by atoms with Gasteiger partial charge < -0.3 is 15.2 Å². The maximum Gasteiger partial charge on any atom is 0.128 e. The van der Waals surface area contributed by atoms with Crippen molar-refractivity contribution in [2.75, 3.05) is 14.2 Å². The first-order chi connectivity index (χ1) is 9.58. The number of nitrogens with two attached hydrogens (primary N) is 1. The summed E-state index contributed by atoms with van der Waals surface area (Å²) in [5, 5.41) is 0. The quantitative estimate of drug-likeness (QED) is 0.924. The smallest absolute Gasteiger partial charge is 0.128 e. The fourth-order valence-electron chi connectivity index (χ4n) is 2.09. The van der Waals surface area contributed by atoms with Gasteiger partial charge in [0, 0.05) is 10.0 Å². The summed E-state index contributed by atoms with van der Waals surface area (Å²) in [5.74, 6) is 0.765. The Morgan fingerprint density at radius 1 is 1.10 bits per heavy atom. The zero-order valence-corrected chi connectivity index (χ0v) is 12.8. The molecule has 0 bridgehead atoms. The first-order valence-electron chi connectivity index (χ1n) is 6.00. The maximum absolute atomic E-state index is 14.0. The van der Waals surface area contributed by atoms with Crippen LogP contribution in [0, 0.1) is 5.82 Å². The molecule has 0 aliphatic rings. The Morgan fingerprint density at radius 3 is 2.25 bits per heavy atom. The minimum atomic E-state index is -0.682. The molecule has 2 rings (SSSR count). The van der Waals surface area contributed by atoms with Crippen LogP contribution < -0.4 is 15.2 Å². The molecule has 2 N–H and O–H groups in total. The van der Waals surface area contributed by atoms with E-state index in [0.717, 1.165) is 4.47 Å². The summed E-state index contributed by atoms with van der Waals surface area (Å²) in [6, 6.07) is 9.32. The second-order valence-corrected chi connectivity index (χ2v) is 5.14. The summed E-state index contributed by atoms with van der Waals surface area (Å²) in [6.45, 7) is 0. The van der Waals surface area contributed by atoms with E-state index >= 15 is 0 Å². The van der Waals surface area contributed by atoms with Gasteiger partial charge in [-0.1, -0.05) is 22.0 Å². The van der Waals surface area contributed by atoms with Crippen molar-refractivity contribution in [1.29, 1.82) is 0 Å². The number of hydrogen-bond donors (Lipinski definition) is 1. The summed E-state index contributed by atoms with van der Waals surface area (Å²) < 4.78 is 25.4. The normalized spacial score (nSPS) is 12.1. The molecule has 0 amide bonds.